The zero-order chi connectivity index (χ0) is 13.8. The Labute approximate surface area is 124 Å². The third kappa shape index (κ3) is 3.40. The van der Waals surface area contributed by atoms with Gasteiger partial charge in [-0.2, -0.15) is 11.3 Å². The molecule has 0 spiro atoms. The Morgan fingerprint density at radius 2 is 2.40 bits per heavy atom. The van der Waals surface area contributed by atoms with E-state index >= 15 is 0 Å². The molecular weight excluding hydrogens is 272 g/mol. The van der Waals surface area contributed by atoms with Crippen molar-refractivity contribution < 1.29 is 9.53 Å². The van der Waals surface area contributed by atoms with Crippen molar-refractivity contribution >= 4 is 17.2 Å². The molecule has 0 unspecified atom stereocenters. The van der Waals surface area contributed by atoms with Crippen LogP contribution < -0.4 is 5.32 Å². The highest BCUT2D eigenvalue weighted by atomic mass is 32.1. The third-order valence-electron chi connectivity index (χ3n) is 4.19. The number of nitrogens with one attached hydrogen (secondary N) is 1. The second-order valence-corrected chi connectivity index (χ2v) is 6.40. The first kappa shape index (κ1) is 14.0. The summed E-state index contributed by atoms with van der Waals surface area (Å²) in [5.74, 6) is 0.127. The van der Waals surface area contributed by atoms with E-state index in [1.165, 1.54) is 12.0 Å². The smallest absolute Gasteiger partial charge is 0.234 e. The number of likely N-dealkylation sites (tertiary alicyclic amines) is 1. The van der Waals surface area contributed by atoms with E-state index in [0.717, 1.165) is 32.4 Å². The molecule has 1 N–H and O–H groups in total. The minimum Gasteiger partial charge on any atom is -0.376 e. The van der Waals surface area contributed by atoms with Gasteiger partial charge in [0, 0.05) is 19.2 Å². The van der Waals surface area contributed by atoms with E-state index in [0.29, 0.717) is 19.1 Å². The summed E-state index contributed by atoms with van der Waals surface area (Å²) in [6.45, 7) is 3.03. The topological polar surface area (TPSA) is 41.6 Å². The number of carbonyl (C=O) groups excluding carboxylic acids is 1. The largest absolute Gasteiger partial charge is 0.376 e. The van der Waals surface area contributed by atoms with E-state index < -0.39 is 0 Å². The van der Waals surface area contributed by atoms with E-state index in [9.17, 15) is 4.79 Å². The lowest BCUT2D eigenvalue weighted by molar-refractivity contribution is -0.123. The summed E-state index contributed by atoms with van der Waals surface area (Å²) in [4.78, 5) is 14.4. The summed E-state index contributed by atoms with van der Waals surface area (Å²) in [5.41, 5.74) is 1.36. The van der Waals surface area contributed by atoms with Crippen LogP contribution in [0.5, 0.6) is 0 Å². The molecule has 0 aliphatic carbocycles. The van der Waals surface area contributed by atoms with Crippen molar-refractivity contribution in [3.63, 3.8) is 0 Å². The number of carbonyl (C=O) groups is 1. The van der Waals surface area contributed by atoms with Gasteiger partial charge < -0.3 is 10.1 Å². The first-order valence-electron chi connectivity index (χ1n) is 7.47. The normalized spacial score (nSPS) is 27.0. The van der Waals surface area contributed by atoms with Crippen LogP contribution in [0.25, 0.3) is 0 Å². The summed E-state index contributed by atoms with van der Waals surface area (Å²) < 4.78 is 5.53. The van der Waals surface area contributed by atoms with Gasteiger partial charge >= 0.3 is 0 Å². The summed E-state index contributed by atoms with van der Waals surface area (Å²) >= 11 is 1.73. The van der Waals surface area contributed by atoms with Gasteiger partial charge in [0.15, 0.2) is 0 Å². The number of ether oxygens (including phenoxy) is 1. The van der Waals surface area contributed by atoms with Crippen LogP contribution in [0.15, 0.2) is 16.8 Å². The number of rotatable bonds is 5. The molecule has 1 aromatic heterocycles. The molecule has 2 fully saturated rings. The molecule has 20 heavy (non-hydrogen) atoms. The Bertz CT molecular complexity index is 429. The molecule has 2 aliphatic heterocycles. The monoisotopic (exact) mass is 294 g/mol. The molecule has 2 aliphatic rings. The van der Waals surface area contributed by atoms with Gasteiger partial charge in [-0.3, -0.25) is 9.69 Å². The molecule has 1 amide bonds. The Morgan fingerprint density at radius 1 is 1.45 bits per heavy atom. The predicted molar refractivity (Wildman–Crippen MR) is 79.9 cm³/mol. The van der Waals surface area contributed by atoms with Gasteiger partial charge in [0.05, 0.1) is 12.6 Å². The summed E-state index contributed by atoms with van der Waals surface area (Å²) in [7, 11) is 0. The maximum Gasteiger partial charge on any atom is 0.234 e. The SMILES string of the molecule is O=C(CN1CCC[C@H]1c1ccsc1)NC[C@H]1CCCO1. The first-order chi connectivity index (χ1) is 9.83. The van der Waals surface area contributed by atoms with Crippen molar-refractivity contribution in [1.82, 2.24) is 10.2 Å². The molecular formula is C15H22N2O2S. The minimum atomic E-state index is 0.127. The quantitative estimate of drug-likeness (QED) is 0.905. The first-order valence-corrected chi connectivity index (χ1v) is 8.41. The molecule has 3 rings (SSSR count). The summed E-state index contributed by atoms with van der Waals surface area (Å²) in [6.07, 6.45) is 4.76. The fourth-order valence-electron chi connectivity index (χ4n) is 3.13. The highest BCUT2D eigenvalue weighted by molar-refractivity contribution is 7.07. The lowest BCUT2D eigenvalue weighted by Crippen LogP contribution is -2.39. The molecule has 5 heteroatoms. The molecule has 1 aromatic rings. The van der Waals surface area contributed by atoms with Gasteiger partial charge in [0.25, 0.3) is 0 Å². The second-order valence-electron chi connectivity index (χ2n) is 5.62. The Hall–Kier alpha value is -0.910. The average Bonchev–Trinajstić information content (AvgIpc) is 3.18. The van der Waals surface area contributed by atoms with Crippen molar-refractivity contribution in [3.8, 4) is 0 Å². The Balaban J connectivity index is 1.47. The molecule has 4 nitrogen and oxygen atoms in total. The van der Waals surface area contributed by atoms with E-state index in [1.807, 2.05) is 0 Å². The zero-order valence-electron chi connectivity index (χ0n) is 11.7. The fraction of sp³-hybridized carbons (Fsp3) is 0.667. The van der Waals surface area contributed by atoms with E-state index in [2.05, 4.69) is 27.0 Å². The van der Waals surface area contributed by atoms with Gasteiger partial charge in [-0.1, -0.05) is 0 Å². The van der Waals surface area contributed by atoms with Crippen LogP contribution >= 0.6 is 11.3 Å². The lowest BCUT2D eigenvalue weighted by atomic mass is 10.1. The third-order valence-corrected chi connectivity index (χ3v) is 4.89. The summed E-state index contributed by atoms with van der Waals surface area (Å²) in [5, 5.41) is 7.33. The number of hydrogen-bond acceptors (Lipinski definition) is 4. The minimum absolute atomic E-state index is 0.127. The van der Waals surface area contributed by atoms with Crippen molar-refractivity contribution in [2.75, 3.05) is 26.2 Å². The van der Waals surface area contributed by atoms with Crippen molar-refractivity contribution in [2.24, 2.45) is 0 Å². The van der Waals surface area contributed by atoms with E-state index in [-0.39, 0.29) is 12.0 Å². The molecule has 0 radical (unpaired) electrons. The van der Waals surface area contributed by atoms with Crippen LogP contribution in [0.4, 0.5) is 0 Å². The number of thiophene rings is 1. The van der Waals surface area contributed by atoms with Crippen LogP contribution in [0, 0.1) is 0 Å². The fourth-order valence-corrected chi connectivity index (χ4v) is 3.84. The molecule has 0 bridgehead atoms. The highest BCUT2D eigenvalue weighted by Gasteiger charge is 2.28. The summed E-state index contributed by atoms with van der Waals surface area (Å²) in [6, 6.07) is 2.60. The molecule has 2 saturated heterocycles. The number of amides is 1. The maximum atomic E-state index is 12.1. The highest BCUT2D eigenvalue weighted by Crippen LogP contribution is 2.32. The van der Waals surface area contributed by atoms with Crippen LogP contribution in [-0.2, 0) is 9.53 Å². The van der Waals surface area contributed by atoms with E-state index in [4.69, 9.17) is 4.74 Å². The second kappa shape index (κ2) is 6.70. The zero-order valence-corrected chi connectivity index (χ0v) is 12.5. The molecule has 2 atom stereocenters. The van der Waals surface area contributed by atoms with Gasteiger partial charge in [0.1, 0.15) is 0 Å². The average molecular weight is 294 g/mol. The van der Waals surface area contributed by atoms with Gasteiger partial charge in [-0.05, 0) is 54.6 Å². The molecule has 3 heterocycles. The van der Waals surface area contributed by atoms with Crippen molar-refractivity contribution in [2.45, 2.75) is 37.8 Å². The van der Waals surface area contributed by atoms with Crippen LogP contribution in [-0.4, -0.2) is 43.2 Å². The molecule has 110 valence electrons. The van der Waals surface area contributed by atoms with Gasteiger partial charge in [-0.25, -0.2) is 0 Å². The van der Waals surface area contributed by atoms with Crippen LogP contribution in [0.1, 0.15) is 37.3 Å². The van der Waals surface area contributed by atoms with Gasteiger partial charge in [0.2, 0.25) is 5.91 Å². The van der Waals surface area contributed by atoms with Crippen molar-refractivity contribution in [3.05, 3.63) is 22.4 Å². The Kier molecular flexibility index (Phi) is 4.70. The number of hydrogen-bond donors (Lipinski definition) is 1. The molecule has 0 saturated carbocycles. The van der Waals surface area contributed by atoms with Gasteiger partial charge in [-0.15, -0.1) is 0 Å². The standard InChI is InChI=1S/C15H22N2O2S/c18-15(16-9-13-3-2-7-19-13)10-17-6-1-4-14(17)12-5-8-20-11-12/h5,8,11,13-14H,1-4,6-7,9-10H2,(H,16,18)/t13-,14+/m1/s1. The lowest BCUT2D eigenvalue weighted by Gasteiger charge is -2.23. The molecule has 0 aromatic carbocycles. The van der Waals surface area contributed by atoms with Crippen LogP contribution in [0.2, 0.25) is 0 Å². The van der Waals surface area contributed by atoms with Crippen LogP contribution in [0.3, 0.4) is 0 Å². The predicted octanol–water partition coefficient (Wildman–Crippen LogP) is 2.18. The van der Waals surface area contributed by atoms with Crippen molar-refractivity contribution in [1.29, 1.82) is 0 Å². The maximum absolute atomic E-state index is 12.1. The Morgan fingerprint density at radius 3 is 3.15 bits per heavy atom. The van der Waals surface area contributed by atoms with E-state index in [1.54, 1.807) is 11.3 Å². The number of nitrogens with zero attached hydrogens (tertiary/aromatic N) is 1.